The van der Waals surface area contributed by atoms with E-state index in [4.69, 9.17) is 9.47 Å². The van der Waals surface area contributed by atoms with Crippen molar-refractivity contribution >= 4 is 44.7 Å². The number of carbonyl (C=O) groups excluding carboxylic acids is 2. The van der Waals surface area contributed by atoms with Gasteiger partial charge in [-0.15, -0.1) is 11.3 Å². The van der Waals surface area contributed by atoms with Crippen LogP contribution in [0.2, 0.25) is 0 Å². The molecule has 1 saturated heterocycles. The molecule has 29 heavy (non-hydrogen) atoms. The molecule has 0 spiro atoms. The number of nitrogens with zero attached hydrogens (tertiary/aromatic N) is 2. The van der Waals surface area contributed by atoms with Crippen molar-refractivity contribution < 1.29 is 19.1 Å². The van der Waals surface area contributed by atoms with Gasteiger partial charge in [0, 0.05) is 24.7 Å². The quantitative estimate of drug-likeness (QED) is 0.643. The number of aromatic nitrogens is 1. The highest BCUT2D eigenvalue weighted by Gasteiger charge is 2.24. The fraction of sp³-hybridized carbons (Fsp3) is 0.286. The zero-order chi connectivity index (χ0) is 20.2. The maximum atomic E-state index is 12.2. The third-order valence-corrected chi connectivity index (χ3v) is 5.63. The van der Waals surface area contributed by atoms with Crippen molar-refractivity contribution in [3.05, 3.63) is 47.5 Å². The number of fused-ring (bicyclic) bond motifs is 1. The summed E-state index contributed by atoms with van der Waals surface area (Å²) < 4.78 is 12.0. The minimum absolute atomic E-state index is 0.0788. The second-order valence-electron chi connectivity index (χ2n) is 6.65. The lowest BCUT2D eigenvalue weighted by molar-refractivity contribution is -0.121. The number of ether oxygens (including phenoxy) is 2. The number of carbonyl (C=O) groups is 2. The van der Waals surface area contributed by atoms with Crippen LogP contribution in [0.5, 0.6) is 5.75 Å². The molecule has 0 saturated carbocycles. The Morgan fingerprint density at radius 1 is 1.28 bits per heavy atom. The number of amides is 2. The third-order valence-electron chi connectivity index (χ3n) is 4.62. The smallest absolute Gasteiger partial charge is 0.250 e. The van der Waals surface area contributed by atoms with Gasteiger partial charge in [-0.2, -0.15) is 0 Å². The maximum absolute atomic E-state index is 12.2. The summed E-state index contributed by atoms with van der Waals surface area (Å²) in [7, 11) is 1.55. The summed E-state index contributed by atoms with van der Waals surface area (Å²) in [6, 6.07) is 13.1. The standard InChI is InChI=1S/C21H21N3O4S/c1-27-17-11-14(8-9-16(17)24-10-4-7-21(24)26)22-19(25)12-28-13-20-23-15-5-2-3-6-18(15)29-20/h2-3,5-6,8-9,11H,4,7,10,12-13H2,1H3,(H,22,25). The molecule has 0 radical (unpaired) electrons. The van der Waals surface area contributed by atoms with E-state index in [1.165, 1.54) is 0 Å². The molecule has 8 heteroatoms. The number of para-hydroxylation sites is 1. The monoisotopic (exact) mass is 411 g/mol. The lowest BCUT2D eigenvalue weighted by atomic mass is 10.2. The van der Waals surface area contributed by atoms with Crippen molar-refractivity contribution in [3.63, 3.8) is 0 Å². The minimum atomic E-state index is -0.266. The van der Waals surface area contributed by atoms with Gasteiger partial charge in [0.15, 0.2) is 0 Å². The molecule has 2 amide bonds. The highest BCUT2D eigenvalue weighted by molar-refractivity contribution is 7.18. The van der Waals surface area contributed by atoms with E-state index in [1.54, 1.807) is 41.5 Å². The van der Waals surface area contributed by atoms with Crippen molar-refractivity contribution in [1.29, 1.82) is 0 Å². The summed E-state index contributed by atoms with van der Waals surface area (Å²) in [6.45, 7) is 0.886. The summed E-state index contributed by atoms with van der Waals surface area (Å²) in [4.78, 5) is 30.4. The zero-order valence-corrected chi connectivity index (χ0v) is 16.8. The van der Waals surface area contributed by atoms with Gasteiger partial charge in [-0.25, -0.2) is 4.98 Å². The van der Waals surface area contributed by atoms with Gasteiger partial charge >= 0.3 is 0 Å². The fourth-order valence-electron chi connectivity index (χ4n) is 3.29. The Balaban J connectivity index is 1.33. The first-order valence-corrected chi connectivity index (χ1v) is 10.2. The first-order chi connectivity index (χ1) is 14.1. The lowest BCUT2D eigenvalue weighted by Gasteiger charge is -2.19. The zero-order valence-electron chi connectivity index (χ0n) is 16.0. The topological polar surface area (TPSA) is 80.8 Å². The summed E-state index contributed by atoms with van der Waals surface area (Å²) in [5.41, 5.74) is 2.25. The van der Waals surface area contributed by atoms with E-state index in [-0.39, 0.29) is 25.0 Å². The number of rotatable bonds is 7. The van der Waals surface area contributed by atoms with E-state index < -0.39 is 0 Å². The Labute approximate surface area is 172 Å². The largest absolute Gasteiger partial charge is 0.494 e. The van der Waals surface area contributed by atoms with Crippen LogP contribution in [0.3, 0.4) is 0 Å². The van der Waals surface area contributed by atoms with Crippen LogP contribution >= 0.6 is 11.3 Å². The average Bonchev–Trinajstić information content (AvgIpc) is 3.33. The molecular weight excluding hydrogens is 390 g/mol. The first kappa shape index (κ1) is 19.4. The predicted octanol–water partition coefficient (Wildman–Crippen LogP) is 3.59. The molecule has 1 N–H and O–H groups in total. The summed E-state index contributed by atoms with van der Waals surface area (Å²) >= 11 is 1.56. The van der Waals surface area contributed by atoms with Gasteiger partial charge in [-0.1, -0.05) is 12.1 Å². The summed E-state index contributed by atoms with van der Waals surface area (Å²) in [5.74, 6) is 0.370. The molecule has 0 aliphatic carbocycles. The molecule has 0 atom stereocenters. The highest BCUT2D eigenvalue weighted by atomic mass is 32.1. The number of hydrogen-bond donors (Lipinski definition) is 1. The van der Waals surface area contributed by atoms with E-state index in [1.807, 2.05) is 24.3 Å². The molecule has 1 aromatic heterocycles. The van der Waals surface area contributed by atoms with E-state index in [0.29, 0.717) is 24.4 Å². The molecule has 0 unspecified atom stereocenters. The van der Waals surface area contributed by atoms with Gasteiger partial charge in [-0.3, -0.25) is 9.59 Å². The second-order valence-corrected chi connectivity index (χ2v) is 7.77. The molecule has 4 rings (SSSR count). The summed E-state index contributed by atoms with van der Waals surface area (Å²) in [6.07, 6.45) is 1.39. The number of hydrogen-bond acceptors (Lipinski definition) is 6. The Kier molecular flexibility index (Phi) is 5.73. The molecule has 2 heterocycles. The molecule has 1 fully saturated rings. The lowest BCUT2D eigenvalue weighted by Crippen LogP contribution is -2.24. The van der Waals surface area contributed by atoms with E-state index in [9.17, 15) is 9.59 Å². The highest BCUT2D eigenvalue weighted by Crippen LogP contribution is 2.33. The van der Waals surface area contributed by atoms with Crippen molar-refractivity contribution in [2.75, 3.05) is 30.5 Å². The SMILES string of the molecule is COc1cc(NC(=O)COCc2nc3ccccc3s2)ccc1N1CCCC1=O. The second kappa shape index (κ2) is 8.59. The molecule has 2 aromatic carbocycles. The van der Waals surface area contributed by atoms with Crippen LogP contribution in [0.25, 0.3) is 10.2 Å². The molecule has 7 nitrogen and oxygen atoms in total. The number of anilines is 2. The maximum Gasteiger partial charge on any atom is 0.250 e. The Hall–Kier alpha value is -2.97. The first-order valence-electron chi connectivity index (χ1n) is 9.34. The molecular formula is C21H21N3O4S. The number of thiazole rings is 1. The van der Waals surface area contributed by atoms with Crippen LogP contribution in [0.15, 0.2) is 42.5 Å². The minimum Gasteiger partial charge on any atom is -0.494 e. The number of nitrogens with one attached hydrogen (secondary N) is 1. The van der Waals surface area contributed by atoms with Crippen molar-refractivity contribution in [2.45, 2.75) is 19.4 Å². The molecule has 3 aromatic rings. The molecule has 0 bridgehead atoms. The van der Waals surface area contributed by atoms with Crippen LogP contribution in [0.4, 0.5) is 11.4 Å². The number of benzene rings is 2. The Bertz CT molecular complexity index is 1020. The summed E-state index contributed by atoms with van der Waals surface area (Å²) in [5, 5.41) is 3.63. The van der Waals surface area contributed by atoms with E-state index in [0.717, 1.165) is 27.3 Å². The van der Waals surface area contributed by atoms with Crippen LogP contribution in [-0.4, -0.2) is 37.1 Å². The fourth-order valence-corrected chi connectivity index (χ4v) is 4.20. The van der Waals surface area contributed by atoms with Gasteiger partial charge in [-0.05, 0) is 30.7 Å². The van der Waals surface area contributed by atoms with Crippen LogP contribution < -0.4 is 15.0 Å². The third kappa shape index (κ3) is 4.38. The van der Waals surface area contributed by atoms with E-state index in [2.05, 4.69) is 10.3 Å². The van der Waals surface area contributed by atoms with E-state index >= 15 is 0 Å². The van der Waals surface area contributed by atoms with Crippen molar-refractivity contribution in [3.8, 4) is 5.75 Å². The average molecular weight is 411 g/mol. The molecule has 1 aliphatic rings. The molecule has 150 valence electrons. The van der Waals surface area contributed by atoms with Crippen molar-refractivity contribution in [2.24, 2.45) is 0 Å². The number of methoxy groups -OCH3 is 1. The van der Waals surface area contributed by atoms with Gasteiger partial charge in [0.1, 0.15) is 17.4 Å². The van der Waals surface area contributed by atoms with Gasteiger partial charge in [0.25, 0.3) is 0 Å². The molecule has 1 aliphatic heterocycles. The van der Waals surface area contributed by atoms with Crippen LogP contribution in [0.1, 0.15) is 17.8 Å². The predicted molar refractivity (Wildman–Crippen MR) is 112 cm³/mol. The van der Waals surface area contributed by atoms with Crippen molar-refractivity contribution in [1.82, 2.24) is 4.98 Å². The van der Waals surface area contributed by atoms with Gasteiger partial charge in [0.2, 0.25) is 11.8 Å². The van der Waals surface area contributed by atoms with Crippen LogP contribution in [0, 0.1) is 0 Å². The normalized spacial score (nSPS) is 13.8. The van der Waals surface area contributed by atoms with Gasteiger partial charge < -0.3 is 19.7 Å². The Morgan fingerprint density at radius 2 is 2.14 bits per heavy atom. The Morgan fingerprint density at radius 3 is 2.90 bits per heavy atom. The van der Waals surface area contributed by atoms with Gasteiger partial charge in [0.05, 0.1) is 29.6 Å². The van der Waals surface area contributed by atoms with Crippen LogP contribution in [-0.2, 0) is 20.9 Å².